The molecule has 144 valence electrons. The van der Waals surface area contributed by atoms with Crippen molar-refractivity contribution >= 4 is 28.1 Å². The zero-order valence-corrected chi connectivity index (χ0v) is 17.1. The molecule has 0 fully saturated rings. The molecule has 3 aromatic rings. The van der Waals surface area contributed by atoms with Gasteiger partial charge in [0.1, 0.15) is 0 Å². The van der Waals surface area contributed by atoms with Crippen LogP contribution in [-0.4, -0.2) is 30.4 Å². The van der Waals surface area contributed by atoms with E-state index in [-0.39, 0.29) is 5.91 Å². The first-order valence-corrected chi connectivity index (χ1v) is 9.49. The number of ether oxygens (including phenoxy) is 2. The smallest absolute Gasteiger partial charge is 0.273 e. The maximum absolute atomic E-state index is 12.6. The van der Waals surface area contributed by atoms with Crippen LogP contribution in [0.15, 0.2) is 70.5 Å². The normalized spacial score (nSPS) is 10.8. The largest absolute Gasteiger partial charge is 0.492 e. The highest BCUT2D eigenvalue weighted by Gasteiger charge is 2.12. The van der Waals surface area contributed by atoms with Gasteiger partial charge in [-0.2, -0.15) is 5.10 Å². The van der Waals surface area contributed by atoms with Crippen molar-refractivity contribution in [3.05, 3.63) is 76.5 Å². The van der Waals surface area contributed by atoms with E-state index in [1.807, 2.05) is 60.3 Å². The van der Waals surface area contributed by atoms with E-state index in [0.29, 0.717) is 23.7 Å². The number of aromatic nitrogens is 1. The van der Waals surface area contributed by atoms with Crippen molar-refractivity contribution in [2.75, 3.05) is 13.7 Å². The lowest BCUT2D eigenvalue weighted by atomic mass is 10.1. The summed E-state index contributed by atoms with van der Waals surface area (Å²) in [5.74, 6) is 0.923. The fraction of sp³-hybridized carbons (Fsp3) is 0.143. The summed E-state index contributed by atoms with van der Waals surface area (Å²) in [5.41, 5.74) is 4.65. The van der Waals surface area contributed by atoms with Gasteiger partial charge in [0.05, 0.1) is 35.7 Å². The number of methoxy groups -OCH3 is 1. The monoisotopic (exact) mass is 441 g/mol. The standard InChI is InChI=1S/C21H20BrN3O3/c1-3-28-19-13-15(12-17(22)20(19)27-2)14-23-24-21(26)16-8-4-5-9-18(16)25-10-6-7-11-25/h4-14H,3H2,1-2H3,(H,24,26)/b23-14-. The number of nitrogens with one attached hydrogen (secondary N) is 1. The molecule has 0 spiro atoms. The third kappa shape index (κ3) is 4.43. The minimum absolute atomic E-state index is 0.293. The van der Waals surface area contributed by atoms with Gasteiger partial charge in [-0.3, -0.25) is 4.79 Å². The van der Waals surface area contributed by atoms with Gasteiger partial charge >= 0.3 is 0 Å². The molecular weight excluding hydrogens is 422 g/mol. The van der Waals surface area contributed by atoms with E-state index < -0.39 is 0 Å². The van der Waals surface area contributed by atoms with E-state index in [0.717, 1.165) is 15.7 Å². The third-order valence-corrected chi connectivity index (χ3v) is 4.54. The molecule has 1 N–H and O–H groups in total. The molecule has 2 aromatic carbocycles. The third-order valence-electron chi connectivity index (χ3n) is 3.95. The predicted octanol–water partition coefficient (Wildman–Crippen LogP) is 4.41. The Morgan fingerprint density at radius 3 is 2.68 bits per heavy atom. The number of carbonyl (C=O) groups excluding carboxylic acids is 1. The topological polar surface area (TPSA) is 64.8 Å². The van der Waals surface area contributed by atoms with Crippen LogP contribution in [0.25, 0.3) is 5.69 Å². The number of carbonyl (C=O) groups is 1. The lowest BCUT2D eigenvalue weighted by Gasteiger charge is -2.12. The Morgan fingerprint density at radius 2 is 1.96 bits per heavy atom. The molecule has 0 saturated carbocycles. The Labute approximate surface area is 171 Å². The second kappa shape index (κ2) is 9.23. The van der Waals surface area contributed by atoms with Crippen molar-refractivity contribution in [1.82, 2.24) is 9.99 Å². The highest BCUT2D eigenvalue weighted by Crippen LogP contribution is 2.36. The van der Waals surface area contributed by atoms with Crippen LogP contribution in [0.1, 0.15) is 22.8 Å². The molecule has 3 rings (SSSR count). The van der Waals surface area contributed by atoms with Crippen LogP contribution in [0.2, 0.25) is 0 Å². The van der Waals surface area contributed by atoms with E-state index in [9.17, 15) is 4.79 Å². The minimum Gasteiger partial charge on any atom is -0.492 e. The van der Waals surface area contributed by atoms with E-state index >= 15 is 0 Å². The maximum atomic E-state index is 12.6. The van der Waals surface area contributed by atoms with E-state index in [4.69, 9.17) is 9.47 Å². The molecule has 0 bridgehead atoms. The van der Waals surface area contributed by atoms with E-state index in [1.165, 1.54) is 0 Å². The molecule has 1 heterocycles. The molecule has 7 heteroatoms. The summed E-state index contributed by atoms with van der Waals surface area (Å²) in [6.45, 7) is 2.41. The Kier molecular flexibility index (Phi) is 6.49. The molecule has 0 aliphatic rings. The summed E-state index contributed by atoms with van der Waals surface area (Å²) >= 11 is 3.46. The number of hydrazone groups is 1. The van der Waals surface area contributed by atoms with Gasteiger partial charge in [0.2, 0.25) is 0 Å². The van der Waals surface area contributed by atoms with Crippen LogP contribution in [0.5, 0.6) is 11.5 Å². The fourth-order valence-electron chi connectivity index (χ4n) is 2.74. The number of para-hydroxylation sites is 1. The summed E-state index contributed by atoms with van der Waals surface area (Å²) in [5, 5.41) is 4.09. The molecule has 0 radical (unpaired) electrons. The summed E-state index contributed by atoms with van der Waals surface area (Å²) in [7, 11) is 1.58. The highest BCUT2D eigenvalue weighted by atomic mass is 79.9. The van der Waals surface area contributed by atoms with Crippen LogP contribution in [0.4, 0.5) is 0 Å². The highest BCUT2D eigenvalue weighted by molar-refractivity contribution is 9.10. The van der Waals surface area contributed by atoms with Crippen LogP contribution in [-0.2, 0) is 0 Å². The van der Waals surface area contributed by atoms with Crippen LogP contribution < -0.4 is 14.9 Å². The van der Waals surface area contributed by atoms with Gasteiger partial charge in [0, 0.05) is 12.4 Å². The number of rotatable bonds is 7. The average Bonchev–Trinajstić information content (AvgIpc) is 3.23. The van der Waals surface area contributed by atoms with Gasteiger partial charge in [0.25, 0.3) is 5.91 Å². The van der Waals surface area contributed by atoms with Crippen LogP contribution in [0.3, 0.4) is 0 Å². The lowest BCUT2D eigenvalue weighted by molar-refractivity contribution is 0.0955. The number of amides is 1. The summed E-state index contributed by atoms with van der Waals surface area (Å²) in [6.07, 6.45) is 5.34. The number of halogens is 1. The first-order chi connectivity index (χ1) is 13.6. The summed E-state index contributed by atoms with van der Waals surface area (Å²) < 4.78 is 13.6. The molecule has 1 amide bonds. The molecule has 1 aromatic heterocycles. The van der Waals surface area contributed by atoms with Gasteiger partial charge < -0.3 is 14.0 Å². The number of hydrogen-bond acceptors (Lipinski definition) is 4. The van der Waals surface area contributed by atoms with Crippen molar-refractivity contribution in [3.8, 4) is 17.2 Å². The first-order valence-electron chi connectivity index (χ1n) is 8.70. The van der Waals surface area contributed by atoms with Crippen molar-refractivity contribution in [3.63, 3.8) is 0 Å². The van der Waals surface area contributed by atoms with Crippen molar-refractivity contribution in [2.45, 2.75) is 6.92 Å². The zero-order valence-electron chi connectivity index (χ0n) is 15.6. The molecule has 0 saturated heterocycles. The van der Waals surface area contributed by atoms with E-state index in [1.54, 1.807) is 25.5 Å². The molecule has 0 atom stereocenters. The number of benzene rings is 2. The maximum Gasteiger partial charge on any atom is 0.273 e. The fourth-order valence-corrected chi connectivity index (χ4v) is 3.36. The van der Waals surface area contributed by atoms with Gasteiger partial charge in [-0.1, -0.05) is 12.1 Å². The SMILES string of the molecule is CCOc1cc(/C=N\NC(=O)c2ccccc2-n2cccc2)cc(Br)c1OC. The van der Waals surface area contributed by atoms with E-state index in [2.05, 4.69) is 26.5 Å². The van der Waals surface area contributed by atoms with Gasteiger partial charge in [0.15, 0.2) is 11.5 Å². The predicted molar refractivity (Wildman–Crippen MR) is 113 cm³/mol. The Morgan fingerprint density at radius 1 is 1.21 bits per heavy atom. The van der Waals surface area contributed by atoms with Gasteiger partial charge in [-0.25, -0.2) is 5.43 Å². The molecule has 0 aliphatic heterocycles. The number of nitrogens with zero attached hydrogens (tertiary/aromatic N) is 2. The van der Waals surface area contributed by atoms with Crippen LogP contribution in [0, 0.1) is 0 Å². The van der Waals surface area contributed by atoms with Crippen molar-refractivity contribution < 1.29 is 14.3 Å². The average molecular weight is 442 g/mol. The zero-order chi connectivity index (χ0) is 19.9. The molecule has 28 heavy (non-hydrogen) atoms. The Hall–Kier alpha value is -3.06. The Balaban J connectivity index is 1.78. The quantitative estimate of drug-likeness (QED) is 0.436. The molecule has 0 aliphatic carbocycles. The van der Waals surface area contributed by atoms with Crippen molar-refractivity contribution in [2.24, 2.45) is 5.10 Å². The molecular formula is C21H20BrN3O3. The van der Waals surface area contributed by atoms with Gasteiger partial charge in [-0.05, 0) is 64.8 Å². The first kappa shape index (κ1) is 19.7. The molecule has 0 unspecified atom stereocenters. The number of hydrogen-bond donors (Lipinski definition) is 1. The summed E-state index contributed by atoms with van der Waals surface area (Å²) in [4.78, 5) is 12.6. The van der Waals surface area contributed by atoms with Crippen molar-refractivity contribution in [1.29, 1.82) is 0 Å². The minimum atomic E-state index is -0.293. The molecule has 6 nitrogen and oxygen atoms in total. The Bertz CT molecular complexity index is 985. The second-order valence-electron chi connectivity index (χ2n) is 5.77. The summed E-state index contributed by atoms with van der Waals surface area (Å²) in [6, 6.07) is 14.8. The lowest BCUT2D eigenvalue weighted by Crippen LogP contribution is -2.19. The van der Waals surface area contributed by atoms with Crippen LogP contribution >= 0.6 is 15.9 Å². The van der Waals surface area contributed by atoms with Gasteiger partial charge in [-0.15, -0.1) is 0 Å². The second-order valence-corrected chi connectivity index (χ2v) is 6.63.